The van der Waals surface area contributed by atoms with Gasteiger partial charge in [-0.25, -0.2) is 4.39 Å². The summed E-state index contributed by atoms with van der Waals surface area (Å²) in [6.07, 6.45) is 0. The van der Waals surface area contributed by atoms with E-state index >= 15 is 0 Å². The average molecular weight is 407 g/mol. The zero-order chi connectivity index (χ0) is 21.2. The molecule has 0 bridgehead atoms. The molecular formula is C26H18FN3O. The van der Waals surface area contributed by atoms with Gasteiger partial charge in [0.2, 0.25) is 0 Å². The molecule has 1 aromatic heterocycles. The minimum atomic E-state index is -0.296. The van der Waals surface area contributed by atoms with Gasteiger partial charge in [-0.2, -0.15) is 5.10 Å². The standard InChI is InChI=1S/C26H18FN3O/c27-21-12-10-19(11-13-21)25-23-16-22(14-15-24(23)29-30-25)28-26(31)20-8-6-18(7-9-20)17-4-2-1-3-5-17/h1-16H,(H,28,31)(H,29,30). The van der Waals surface area contributed by atoms with Crippen LogP contribution in [0.1, 0.15) is 10.4 Å². The second kappa shape index (κ2) is 7.88. The molecule has 1 heterocycles. The van der Waals surface area contributed by atoms with E-state index in [0.717, 1.165) is 27.6 Å². The first-order valence-corrected chi connectivity index (χ1v) is 9.88. The largest absolute Gasteiger partial charge is 0.322 e. The van der Waals surface area contributed by atoms with Crippen molar-refractivity contribution >= 4 is 22.5 Å². The third-order valence-electron chi connectivity index (χ3n) is 5.19. The van der Waals surface area contributed by atoms with Crippen molar-refractivity contribution in [1.29, 1.82) is 0 Å². The van der Waals surface area contributed by atoms with Gasteiger partial charge in [0, 0.05) is 22.2 Å². The van der Waals surface area contributed by atoms with E-state index in [2.05, 4.69) is 15.5 Å². The zero-order valence-corrected chi connectivity index (χ0v) is 16.5. The number of hydrogen-bond acceptors (Lipinski definition) is 2. The first-order chi connectivity index (χ1) is 15.2. The number of anilines is 1. The molecule has 0 aliphatic rings. The number of nitrogens with zero attached hydrogens (tertiary/aromatic N) is 1. The maximum Gasteiger partial charge on any atom is 0.255 e. The molecule has 4 nitrogen and oxygen atoms in total. The van der Waals surface area contributed by atoms with Crippen molar-refractivity contribution in [3.8, 4) is 22.4 Å². The van der Waals surface area contributed by atoms with Crippen molar-refractivity contribution in [2.24, 2.45) is 0 Å². The lowest BCUT2D eigenvalue weighted by Crippen LogP contribution is -2.11. The molecule has 0 radical (unpaired) electrons. The molecule has 150 valence electrons. The quantitative estimate of drug-likeness (QED) is 0.368. The second-order valence-electron chi connectivity index (χ2n) is 7.24. The molecule has 1 amide bonds. The van der Waals surface area contributed by atoms with Gasteiger partial charge in [-0.15, -0.1) is 0 Å². The number of fused-ring (bicyclic) bond motifs is 1. The van der Waals surface area contributed by atoms with Crippen LogP contribution in [0.2, 0.25) is 0 Å². The highest BCUT2D eigenvalue weighted by molar-refractivity contribution is 6.06. The van der Waals surface area contributed by atoms with Crippen LogP contribution >= 0.6 is 0 Å². The van der Waals surface area contributed by atoms with Gasteiger partial charge in [-0.1, -0.05) is 42.5 Å². The van der Waals surface area contributed by atoms with E-state index in [1.807, 2.05) is 72.8 Å². The molecule has 0 atom stereocenters. The summed E-state index contributed by atoms with van der Waals surface area (Å²) in [4.78, 5) is 12.8. The number of amides is 1. The smallest absolute Gasteiger partial charge is 0.255 e. The second-order valence-corrected chi connectivity index (χ2v) is 7.24. The lowest BCUT2D eigenvalue weighted by atomic mass is 10.0. The number of carbonyl (C=O) groups excluding carboxylic acids is 1. The Labute approximate surface area is 178 Å². The predicted octanol–water partition coefficient (Wildman–Crippen LogP) is 6.29. The van der Waals surface area contributed by atoms with Gasteiger partial charge in [0.05, 0.1) is 11.2 Å². The molecule has 5 heteroatoms. The van der Waals surface area contributed by atoms with E-state index in [-0.39, 0.29) is 11.7 Å². The highest BCUT2D eigenvalue weighted by Gasteiger charge is 2.11. The fraction of sp³-hybridized carbons (Fsp3) is 0. The van der Waals surface area contributed by atoms with E-state index in [1.165, 1.54) is 12.1 Å². The summed E-state index contributed by atoms with van der Waals surface area (Å²) in [5.41, 5.74) is 5.74. The van der Waals surface area contributed by atoms with Crippen LogP contribution in [-0.2, 0) is 0 Å². The Morgan fingerprint density at radius 1 is 0.774 bits per heavy atom. The topological polar surface area (TPSA) is 57.8 Å². The molecule has 0 fully saturated rings. The van der Waals surface area contributed by atoms with Crippen molar-refractivity contribution in [3.63, 3.8) is 0 Å². The molecule has 5 rings (SSSR count). The fourth-order valence-electron chi connectivity index (χ4n) is 3.57. The first-order valence-electron chi connectivity index (χ1n) is 9.88. The van der Waals surface area contributed by atoms with Crippen LogP contribution in [0.3, 0.4) is 0 Å². The number of carbonyl (C=O) groups is 1. The van der Waals surface area contributed by atoms with Crippen LogP contribution in [0.4, 0.5) is 10.1 Å². The van der Waals surface area contributed by atoms with E-state index in [4.69, 9.17) is 0 Å². The number of nitrogens with one attached hydrogen (secondary N) is 2. The minimum absolute atomic E-state index is 0.189. The van der Waals surface area contributed by atoms with Crippen LogP contribution in [0, 0.1) is 5.82 Å². The van der Waals surface area contributed by atoms with E-state index < -0.39 is 0 Å². The summed E-state index contributed by atoms with van der Waals surface area (Å²) >= 11 is 0. The van der Waals surface area contributed by atoms with E-state index in [0.29, 0.717) is 16.9 Å². The highest BCUT2D eigenvalue weighted by Crippen LogP contribution is 2.29. The third-order valence-corrected chi connectivity index (χ3v) is 5.19. The number of aromatic amines is 1. The average Bonchev–Trinajstić information content (AvgIpc) is 3.23. The third kappa shape index (κ3) is 3.81. The molecule has 31 heavy (non-hydrogen) atoms. The molecule has 4 aromatic carbocycles. The van der Waals surface area contributed by atoms with Crippen LogP contribution < -0.4 is 5.32 Å². The molecule has 2 N–H and O–H groups in total. The van der Waals surface area contributed by atoms with Crippen molar-refractivity contribution in [3.05, 3.63) is 108 Å². The van der Waals surface area contributed by atoms with Crippen molar-refractivity contribution < 1.29 is 9.18 Å². The summed E-state index contributed by atoms with van der Waals surface area (Å²) in [6.45, 7) is 0. The van der Waals surface area contributed by atoms with Crippen molar-refractivity contribution in [2.45, 2.75) is 0 Å². The Morgan fingerprint density at radius 3 is 2.19 bits per heavy atom. The van der Waals surface area contributed by atoms with Gasteiger partial charge in [0.1, 0.15) is 5.82 Å². The fourth-order valence-corrected chi connectivity index (χ4v) is 3.57. The van der Waals surface area contributed by atoms with Crippen LogP contribution in [0.5, 0.6) is 0 Å². The van der Waals surface area contributed by atoms with Gasteiger partial charge in [-0.3, -0.25) is 9.89 Å². The number of hydrogen-bond donors (Lipinski definition) is 2. The molecule has 0 aliphatic heterocycles. The molecule has 0 saturated heterocycles. The maximum atomic E-state index is 13.3. The number of H-pyrrole nitrogens is 1. The Morgan fingerprint density at radius 2 is 1.45 bits per heavy atom. The SMILES string of the molecule is O=C(Nc1ccc2[nH]nc(-c3ccc(F)cc3)c2c1)c1ccc(-c2ccccc2)cc1. The Balaban J connectivity index is 1.39. The Bertz CT molecular complexity index is 1360. The zero-order valence-electron chi connectivity index (χ0n) is 16.5. The summed E-state index contributed by atoms with van der Waals surface area (Å²) in [7, 11) is 0. The molecule has 0 saturated carbocycles. The summed E-state index contributed by atoms with van der Waals surface area (Å²) < 4.78 is 13.3. The van der Waals surface area contributed by atoms with Gasteiger partial charge in [0.15, 0.2) is 0 Å². The Kier molecular flexibility index (Phi) is 4.77. The molecule has 0 spiro atoms. The monoisotopic (exact) mass is 407 g/mol. The number of benzene rings is 4. The Hall–Kier alpha value is -4.25. The highest BCUT2D eigenvalue weighted by atomic mass is 19.1. The summed E-state index contributed by atoms with van der Waals surface area (Å²) in [5, 5.41) is 11.1. The van der Waals surface area contributed by atoms with Crippen molar-refractivity contribution in [1.82, 2.24) is 10.2 Å². The molecule has 0 unspecified atom stereocenters. The van der Waals surface area contributed by atoms with E-state index in [9.17, 15) is 9.18 Å². The summed E-state index contributed by atoms with van der Waals surface area (Å²) in [5.74, 6) is -0.486. The lowest BCUT2D eigenvalue weighted by molar-refractivity contribution is 0.102. The predicted molar refractivity (Wildman–Crippen MR) is 121 cm³/mol. The molecular weight excluding hydrogens is 389 g/mol. The van der Waals surface area contributed by atoms with E-state index in [1.54, 1.807) is 12.1 Å². The number of rotatable bonds is 4. The molecule has 0 aliphatic carbocycles. The first kappa shape index (κ1) is 18.8. The summed E-state index contributed by atoms with van der Waals surface area (Å²) in [6, 6.07) is 29.3. The normalized spacial score (nSPS) is 10.9. The van der Waals surface area contributed by atoms with Crippen molar-refractivity contribution in [2.75, 3.05) is 5.32 Å². The minimum Gasteiger partial charge on any atom is -0.322 e. The van der Waals surface area contributed by atoms with Gasteiger partial charge in [0.25, 0.3) is 5.91 Å². The van der Waals surface area contributed by atoms with Gasteiger partial charge >= 0.3 is 0 Å². The lowest BCUT2D eigenvalue weighted by Gasteiger charge is -2.07. The maximum absolute atomic E-state index is 13.3. The number of aromatic nitrogens is 2. The van der Waals surface area contributed by atoms with Gasteiger partial charge < -0.3 is 5.32 Å². The molecule has 5 aromatic rings. The van der Waals surface area contributed by atoms with Crippen LogP contribution in [0.25, 0.3) is 33.3 Å². The number of halogens is 1. The van der Waals surface area contributed by atoms with Gasteiger partial charge in [-0.05, 0) is 65.7 Å². The van der Waals surface area contributed by atoms with Crippen LogP contribution in [-0.4, -0.2) is 16.1 Å². The van der Waals surface area contributed by atoms with Crippen LogP contribution in [0.15, 0.2) is 97.1 Å².